The van der Waals surface area contributed by atoms with E-state index in [1.807, 2.05) is 18.2 Å². The average Bonchev–Trinajstić information content (AvgIpc) is 3.20. The van der Waals surface area contributed by atoms with Crippen LogP contribution in [-0.4, -0.2) is 42.6 Å². The van der Waals surface area contributed by atoms with Crippen LogP contribution in [-0.2, 0) is 4.79 Å². The molecule has 0 bridgehead atoms. The van der Waals surface area contributed by atoms with E-state index in [1.165, 1.54) is 11.3 Å². The summed E-state index contributed by atoms with van der Waals surface area (Å²) >= 11 is 1.24. The Morgan fingerprint density at radius 3 is 2.81 bits per heavy atom. The van der Waals surface area contributed by atoms with E-state index in [-0.39, 0.29) is 12.4 Å². The summed E-state index contributed by atoms with van der Waals surface area (Å²) in [7, 11) is 0. The van der Waals surface area contributed by atoms with Gasteiger partial charge < -0.3 is 14.8 Å². The van der Waals surface area contributed by atoms with Crippen LogP contribution in [0.3, 0.4) is 0 Å². The Balaban J connectivity index is 0.00000196. The number of fused-ring (bicyclic) bond motifs is 1. The summed E-state index contributed by atoms with van der Waals surface area (Å²) in [6.45, 7) is 0.534. The normalized spacial score (nSPS) is 20.3. The van der Waals surface area contributed by atoms with Crippen LogP contribution in [0.4, 0.5) is 13.9 Å². The van der Waals surface area contributed by atoms with E-state index < -0.39 is 30.8 Å². The van der Waals surface area contributed by atoms with Crippen LogP contribution in [0, 0.1) is 0 Å². The maximum absolute atomic E-state index is 13.2. The summed E-state index contributed by atoms with van der Waals surface area (Å²) in [5.41, 5.74) is 1.49. The zero-order valence-electron chi connectivity index (χ0n) is 13.5. The van der Waals surface area contributed by atoms with Crippen molar-refractivity contribution in [1.29, 1.82) is 0 Å². The summed E-state index contributed by atoms with van der Waals surface area (Å²) < 4.78 is 37.4. The fraction of sp³-hybridized carbons (Fsp3) is 0.375. The number of benzene rings is 1. The topological polar surface area (TPSA) is 72.5 Å². The van der Waals surface area contributed by atoms with Gasteiger partial charge in [0.05, 0.1) is 18.3 Å². The molecule has 1 unspecified atom stereocenters. The summed E-state index contributed by atoms with van der Waals surface area (Å²) in [6.07, 6.45) is -0.501. The van der Waals surface area contributed by atoms with Crippen LogP contribution >= 0.6 is 23.7 Å². The van der Waals surface area contributed by atoms with Crippen molar-refractivity contribution in [3.63, 3.8) is 0 Å². The van der Waals surface area contributed by atoms with Crippen molar-refractivity contribution in [3.05, 3.63) is 23.6 Å². The van der Waals surface area contributed by atoms with Gasteiger partial charge in [-0.2, -0.15) is 0 Å². The first-order valence-corrected chi connectivity index (χ1v) is 8.66. The van der Waals surface area contributed by atoms with Gasteiger partial charge in [-0.25, -0.2) is 13.8 Å². The molecule has 1 saturated heterocycles. The molecule has 1 amide bonds. The zero-order valence-corrected chi connectivity index (χ0v) is 15.1. The van der Waals surface area contributed by atoms with E-state index in [2.05, 4.69) is 15.6 Å². The Hall–Kier alpha value is -1.97. The third-order valence-electron chi connectivity index (χ3n) is 4.00. The Labute approximate surface area is 158 Å². The molecule has 0 saturated carbocycles. The fourth-order valence-corrected chi connectivity index (χ4v) is 3.48. The first-order valence-electron chi connectivity index (χ1n) is 7.78. The standard InChI is InChI=1S/C16H15F2N3O3S.ClH/c17-16(18)6-10(19-8-16)14(22)21-15-20-11(7-25-15)9-1-2-12-13(5-9)24-4-3-23-12;/h1-2,5,7,10,19H,3-4,6,8H2,(H,20,21,22);1H. The average molecular weight is 404 g/mol. The molecule has 10 heteroatoms. The van der Waals surface area contributed by atoms with Gasteiger partial charge in [0, 0.05) is 17.4 Å². The number of hydrogen-bond acceptors (Lipinski definition) is 6. The third kappa shape index (κ3) is 3.89. The Kier molecular flexibility index (Phi) is 5.31. The van der Waals surface area contributed by atoms with E-state index in [1.54, 1.807) is 5.38 Å². The van der Waals surface area contributed by atoms with E-state index in [0.717, 1.165) is 5.56 Å². The number of amides is 1. The Morgan fingerprint density at radius 1 is 1.31 bits per heavy atom. The lowest BCUT2D eigenvalue weighted by atomic mass is 10.1. The van der Waals surface area contributed by atoms with Gasteiger partial charge in [0.2, 0.25) is 5.91 Å². The highest BCUT2D eigenvalue weighted by Crippen LogP contribution is 2.35. The lowest BCUT2D eigenvalue weighted by Crippen LogP contribution is -2.35. The van der Waals surface area contributed by atoms with E-state index in [9.17, 15) is 13.6 Å². The number of nitrogens with zero attached hydrogens (tertiary/aromatic N) is 1. The van der Waals surface area contributed by atoms with Crippen molar-refractivity contribution in [2.75, 3.05) is 25.1 Å². The molecular weight excluding hydrogens is 388 g/mol. The fourth-order valence-electron chi connectivity index (χ4n) is 2.76. The number of thiazole rings is 1. The summed E-state index contributed by atoms with van der Waals surface area (Å²) in [4.78, 5) is 16.4. The molecular formula is C16H16ClF2N3O3S. The van der Waals surface area contributed by atoms with Crippen molar-refractivity contribution in [2.45, 2.75) is 18.4 Å². The minimum atomic E-state index is -2.85. The molecule has 2 aromatic rings. The smallest absolute Gasteiger partial charge is 0.262 e. The van der Waals surface area contributed by atoms with Crippen LogP contribution in [0.1, 0.15) is 6.42 Å². The molecule has 4 rings (SSSR count). The number of anilines is 1. The number of nitrogens with one attached hydrogen (secondary N) is 2. The van der Waals surface area contributed by atoms with Gasteiger partial charge in [0.15, 0.2) is 16.6 Å². The number of alkyl halides is 2. The van der Waals surface area contributed by atoms with Gasteiger partial charge in [0.25, 0.3) is 5.92 Å². The van der Waals surface area contributed by atoms with Gasteiger partial charge in [-0.1, -0.05) is 0 Å². The van der Waals surface area contributed by atoms with E-state index in [0.29, 0.717) is 35.5 Å². The zero-order chi connectivity index (χ0) is 17.4. The van der Waals surface area contributed by atoms with Crippen molar-refractivity contribution >= 4 is 34.8 Å². The minimum Gasteiger partial charge on any atom is -0.486 e. The number of aromatic nitrogens is 1. The largest absolute Gasteiger partial charge is 0.486 e. The highest BCUT2D eigenvalue weighted by Gasteiger charge is 2.42. The van der Waals surface area contributed by atoms with Crippen molar-refractivity contribution in [2.24, 2.45) is 0 Å². The van der Waals surface area contributed by atoms with Crippen LogP contribution in [0.5, 0.6) is 11.5 Å². The van der Waals surface area contributed by atoms with E-state index >= 15 is 0 Å². The van der Waals surface area contributed by atoms with Crippen molar-refractivity contribution in [3.8, 4) is 22.8 Å². The second-order valence-corrected chi connectivity index (χ2v) is 6.74. The monoisotopic (exact) mass is 403 g/mol. The van der Waals surface area contributed by atoms with Gasteiger partial charge in [-0.3, -0.25) is 10.1 Å². The number of rotatable bonds is 3. The summed E-state index contributed by atoms with van der Waals surface area (Å²) in [5, 5.41) is 7.27. The molecule has 0 aliphatic carbocycles. The first-order chi connectivity index (χ1) is 12.0. The molecule has 0 radical (unpaired) electrons. The molecule has 140 valence electrons. The number of ether oxygens (including phenoxy) is 2. The Morgan fingerprint density at radius 2 is 2.08 bits per heavy atom. The number of halogens is 3. The van der Waals surface area contributed by atoms with Crippen LogP contribution in [0.15, 0.2) is 23.6 Å². The number of carbonyl (C=O) groups excluding carboxylic acids is 1. The maximum Gasteiger partial charge on any atom is 0.262 e. The Bertz CT molecular complexity index is 818. The van der Waals surface area contributed by atoms with Gasteiger partial charge in [-0.15, -0.1) is 23.7 Å². The molecule has 6 nitrogen and oxygen atoms in total. The van der Waals surface area contributed by atoms with Crippen LogP contribution in [0.2, 0.25) is 0 Å². The molecule has 2 aliphatic rings. The number of carbonyl (C=O) groups is 1. The maximum atomic E-state index is 13.2. The van der Waals surface area contributed by atoms with Crippen molar-refractivity contribution in [1.82, 2.24) is 10.3 Å². The second kappa shape index (κ2) is 7.34. The molecule has 26 heavy (non-hydrogen) atoms. The van der Waals surface area contributed by atoms with Crippen LogP contribution < -0.4 is 20.1 Å². The molecule has 2 N–H and O–H groups in total. The van der Waals surface area contributed by atoms with E-state index in [4.69, 9.17) is 9.47 Å². The molecule has 1 aromatic heterocycles. The molecule has 2 aliphatic heterocycles. The molecule has 1 aromatic carbocycles. The summed E-state index contributed by atoms with van der Waals surface area (Å²) in [6, 6.07) is 4.59. The molecule has 3 heterocycles. The third-order valence-corrected chi connectivity index (χ3v) is 4.76. The number of hydrogen-bond donors (Lipinski definition) is 2. The predicted octanol–water partition coefficient (Wildman–Crippen LogP) is 2.94. The lowest BCUT2D eigenvalue weighted by Gasteiger charge is -2.18. The molecule has 1 fully saturated rings. The van der Waals surface area contributed by atoms with Crippen LogP contribution in [0.25, 0.3) is 11.3 Å². The lowest BCUT2D eigenvalue weighted by molar-refractivity contribution is -0.118. The minimum absolute atomic E-state index is 0. The quantitative estimate of drug-likeness (QED) is 0.824. The second-order valence-electron chi connectivity index (χ2n) is 5.88. The summed E-state index contributed by atoms with van der Waals surface area (Å²) in [5.74, 6) is -2.01. The highest BCUT2D eigenvalue weighted by molar-refractivity contribution is 7.14. The highest BCUT2D eigenvalue weighted by atomic mass is 35.5. The SMILES string of the molecule is Cl.O=C(Nc1nc(-c2ccc3c(c2)OCCO3)cs1)C1CC(F)(F)CN1. The molecule has 1 atom stereocenters. The predicted molar refractivity (Wildman–Crippen MR) is 95.8 cm³/mol. The molecule has 0 spiro atoms. The van der Waals surface area contributed by atoms with Gasteiger partial charge in [0.1, 0.15) is 13.2 Å². The van der Waals surface area contributed by atoms with Gasteiger partial charge in [-0.05, 0) is 18.2 Å². The van der Waals surface area contributed by atoms with Crippen molar-refractivity contribution < 1.29 is 23.0 Å². The van der Waals surface area contributed by atoms with Gasteiger partial charge >= 0.3 is 0 Å². The first kappa shape index (κ1) is 18.8.